The number of ether oxygens (including phenoxy) is 1. The number of fused-ring (bicyclic) bond motifs is 3. The number of nitrogens with zero attached hydrogens (tertiary/aromatic N) is 2. The fourth-order valence-electron chi connectivity index (χ4n) is 4.34. The molecular formula is C24H20N4O7. The van der Waals surface area contributed by atoms with Gasteiger partial charge in [0, 0.05) is 12.0 Å². The van der Waals surface area contributed by atoms with Crippen LogP contribution in [0.15, 0.2) is 59.1 Å². The molecule has 1 unspecified atom stereocenters. The Morgan fingerprint density at radius 1 is 1.11 bits per heavy atom. The molecule has 5 rings (SSSR count). The van der Waals surface area contributed by atoms with Gasteiger partial charge in [-0.05, 0) is 22.3 Å². The average molecular weight is 476 g/mol. The maximum absolute atomic E-state index is 12.5. The molecule has 3 aromatic rings. The van der Waals surface area contributed by atoms with Gasteiger partial charge in [-0.2, -0.15) is 0 Å². The molecule has 3 amide bonds. The average Bonchev–Trinajstić information content (AvgIpc) is 3.57. The maximum atomic E-state index is 12.5. The fraction of sp³-hybridized carbons (Fsp3) is 0.208. The summed E-state index contributed by atoms with van der Waals surface area (Å²) in [6.07, 6.45) is -1.02. The minimum absolute atomic E-state index is 0.0829. The zero-order valence-electron chi connectivity index (χ0n) is 18.3. The standard InChI is InChI=1S/C24H20N4O7/c29-21-10-20(23(31)32)28(26-21)22(30)19-9-13(35-27-19)11-25-24(33)34-12-18-16-7-3-1-5-14(16)15-6-2-4-8-17(15)18/h1-9,18,20H,10-12H2,(H,25,33)(H,26,29)(H,31,32). The number of nitrogens with one attached hydrogen (secondary N) is 2. The first-order valence-electron chi connectivity index (χ1n) is 10.8. The Morgan fingerprint density at radius 2 is 1.77 bits per heavy atom. The maximum Gasteiger partial charge on any atom is 0.407 e. The molecule has 178 valence electrons. The lowest BCUT2D eigenvalue weighted by atomic mass is 9.98. The minimum Gasteiger partial charge on any atom is -0.480 e. The number of carbonyl (C=O) groups excluding carboxylic acids is 3. The fourth-order valence-corrected chi connectivity index (χ4v) is 4.34. The molecule has 1 saturated heterocycles. The molecule has 2 aliphatic rings. The van der Waals surface area contributed by atoms with Gasteiger partial charge in [0.25, 0.3) is 5.91 Å². The molecule has 1 aliphatic carbocycles. The largest absolute Gasteiger partial charge is 0.480 e. The summed E-state index contributed by atoms with van der Waals surface area (Å²) in [5.41, 5.74) is 6.41. The van der Waals surface area contributed by atoms with Crippen molar-refractivity contribution in [2.45, 2.75) is 24.9 Å². The molecule has 1 atom stereocenters. The molecule has 0 spiro atoms. The van der Waals surface area contributed by atoms with E-state index in [1.807, 2.05) is 48.5 Å². The summed E-state index contributed by atoms with van der Waals surface area (Å²) >= 11 is 0. The van der Waals surface area contributed by atoms with Crippen LogP contribution < -0.4 is 10.7 Å². The van der Waals surface area contributed by atoms with E-state index in [1.165, 1.54) is 6.07 Å². The van der Waals surface area contributed by atoms with Crippen molar-refractivity contribution in [3.05, 3.63) is 77.2 Å². The Balaban J connectivity index is 1.18. The number of benzene rings is 2. The summed E-state index contributed by atoms with van der Waals surface area (Å²) in [5, 5.41) is 16.1. The zero-order valence-corrected chi connectivity index (χ0v) is 18.3. The predicted octanol–water partition coefficient (Wildman–Crippen LogP) is 2.04. The third kappa shape index (κ3) is 4.19. The number of alkyl carbamates (subject to hydrolysis) is 1. The Hall–Kier alpha value is -4.67. The van der Waals surface area contributed by atoms with Crippen molar-refractivity contribution in [2.24, 2.45) is 0 Å². The minimum atomic E-state index is -1.34. The number of carbonyl (C=O) groups is 4. The van der Waals surface area contributed by atoms with Crippen molar-refractivity contribution >= 4 is 23.9 Å². The van der Waals surface area contributed by atoms with Crippen molar-refractivity contribution in [3.63, 3.8) is 0 Å². The van der Waals surface area contributed by atoms with E-state index in [-0.39, 0.29) is 36.9 Å². The number of carboxylic acid groups (broad SMARTS) is 1. The van der Waals surface area contributed by atoms with Gasteiger partial charge in [-0.1, -0.05) is 53.7 Å². The van der Waals surface area contributed by atoms with Crippen molar-refractivity contribution in [3.8, 4) is 11.1 Å². The molecule has 1 fully saturated rings. The Bertz CT molecular complexity index is 1290. The van der Waals surface area contributed by atoms with E-state index in [0.29, 0.717) is 5.01 Å². The second-order valence-corrected chi connectivity index (χ2v) is 8.13. The molecule has 2 aromatic carbocycles. The number of amides is 3. The summed E-state index contributed by atoms with van der Waals surface area (Å²) in [4.78, 5) is 47.6. The van der Waals surface area contributed by atoms with Gasteiger partial charge in [0.05, 0.1) is 13.0 Å². The molecule has 1 aliphatic heterocycles. The molecule has 0 bridgehead atoms. The molecule has 2 heterocycles. The van der Waals surface area contributed by atoms with Gasteiger partial charge in [-0.15, -0.1) is 0 Å². The van der Waals surface area contributed by atoms with Crippen LogP contribution in [0.5, 0.6) is 0 Å². The van der Waals surface area contributed by atoms with Crippen LogP contribution in [0.25, 0.3) is 11.1 Å². The number of rotatable bonds is 6. The van der Waals surface area contributed by atoms with Gasteiger partial charge in [0.1, 0.15) is 6.61 Å². The predicted molar refractivity (Wildman–Crippen MR) is 119 cm³/mol. The lowest BCUT2D eigenvalue weighted by Gasteiger charge is -2.18. The van der Waals surface area contributed by atoms with Gasteiger partial charge >= 0.3 is 12.1 Å². The van der Waals surface area contributed by atoms with E-state index < -0.39 is 29.9 Å². The lowest BCUT2D eigenvalue weighted by molar-refractivity contribution is -0.142. The Kier molecular flexibility index (Phi) is 5.65. The number of hydrogen-bond acceptors (Lipinski definition) is 7. The molecule has 0 radical (unpaired) electrons. The smallest absolute Gasteiger partial charge is 0.407 e. The second kappa shape index (κ2) is 8.93. The first kappa shape index (κ1) is 22.1. The van der Waals surface area contributed by atoms with Crippen LogP contribution in [0, 0.1) is 0 Å². The summed E-state index contributed by atoms with van der Waals surface area (Å²) in [5.74, 6) is -2.68. The molecular weight excluding hydrogens is 456 g/mol. The van der Waals surface area contributed by atoms with Crippen LogP contribution >= 0.6 is 0 Å². The van der Waals surface area contributed by atoms with E-state index in [9.17, 15) is 24.3 Å². The summed E-state index contributed by atoms with van der Waals surface area (Å²) in [6.45, 7) is 0.0386. The lowest BCUT2D eigenvalue weighted by Crippen LogP contribution is -2.46. The number of hydrogen-bond donors (Lipinski definition) is 3. The third-order valence-corrected chi connectivity index (χ3v) is 5.97. The van der Waals surface area contributed by atoms with Gasteiger partial charge in [0.15, 0.2) is 17.5 Å². The van der Waals surface area contributed by atoms with E-state index >= 15 is 0 Å². The van der Waals surface area contributed by atoms with E-state index in [0.717, 1.165) is 22.3 Å². The van der Waals surface area contributed by atoms with Gasteiger partial charge in [-0.25, -0.2) is 14.6 Å². The van der Waals surface area contributed by atoms with Crippen LogP contribution in [-0.2, 0) is 20.9 Å². The van der Waals surface area contributed by atoms with E-state index in [1.54, 1.807) is 0 Å². The van der Waals surface area contributed by atoms with Crippen LogP contribution in [0.1, 0.15) is 39.7 Å². The first-order chi connectivity index (χ1) is 16.9. The number of aromatic nitrogens is 1. The Labute approximate surface area is 198 Å². The van der Waals surface area contributed by atoms with Crippen molar-refractivity contribution < 1.29 is 33.5 Å². The zero-order chi connectivity index (χ0) is 24.5. The number of hydrazine groups is 1. The van der Waals surface area contributed by atoms with E-state index in [2.05, 4.69) is 15.9 Å². The van der Waals surface area contributed by atoms with Crippen LogP contribution in [0.3, 0.4) is 0 Å². The Morgan fingerprint density at radius 3 is 2.43 bits per heavy atom. The first-order valence-corrected chi connectivity index (χ1v) is 10.8. The van der Waals surface area contributed by atoms with Crippen LogP contribution in [-0.4, -0.2) is 51.8 Å². The summed E-state index contributed by atoms with van der Waals surface area (Å²) in [7, 11) is 0. The number of carboxylic acids is 1. The van der Waals surface area contributed by atoms with Gasteiger partial charge in [0.2, 0.25) is 5.91 Å². The topological polar surface area (TPSA) is 151 Å². The second-order valence-electron chi connectivity index (χ2n) is 8.13. The molecule has 1 aromatic heterocycles. The van der Waals surface area contributed by atoms with Gasteiger partial charge < -0.3 is 19.7 Å². The van der Waals surface area contributed by atoms with Crippen molar-refractivity contribution in [2.75, 3.05) is 6.61 Å². The van der Waals surface area contributed by atoms with Crippen molar-refractivity contribution in [1.82, 2.24) is 20.9 Å². The highest BCUT2D eigenvalue weighted by Crippen LogP contribution is 2.44. The molecule has 11 heteroatoms. The molecule has 35 heavy (non-hydrogen) atoms. The summed E-state index contributed by atoms with van der Waals surface area (Å²) in [6, 6.07) is 15.9. The van der Waals surface area contributed by atoms with Crippen LogP contribution in [0.4, 0.5) is 4.79 Å². The van der Waals surface area contributed by atoms with E-state index in [4.69, 9.17) is 9.26 Å². The van der Waals surface area contributed by atoms with Gasteiger partial charge in [-0.3, -0.25) is 15.0 Å². The highest BCUT2D eigenvalue weighted by molar-refractivity contribution is 5.99. The molecule has 0 saturated carbocycles. The monoisotopic (exact) mass is 476 g/mol. The molecule has 3 N–H and O–H groups in total. The molecule has 11 nitrogen and oxygen atoms in total. The summed E-state index contributed by atoms with van der Waals surface area (Å²) < 4.78 is 10.5. The third-order valence-electron chi connectivity index (χ3n) is 5.97. The van der Waals surface area contributed by atoms with Crippen LogP contribution in [0.2, 0.25) is 0 Å². The highest BCUT2D eigenvalue weighted by atomic mass is 16.5. The quantitative estimate of drug-likeness (QED) is 0.489. The number of aliphatic carboxylic acids is 1. The SMILES string of the molecule is O=C1CC(C(=O)O)N(C(=O)c2cc(CNC(=O)OCC3c4ccccc4-c4ccccc43)on2)N1. The van der Waals surface area contributed by atoms with Crippen molar-refractivity contribution in [1.29, 1.82) is 0 Å². The highest BCUT2D eigenvalue weighted by Gasteiger charge is 2.40. The normalized spacial score (nSPS) is 16.4.